The average Bonchev–Trinajstić information content (AvgIpc) is 3.27. The summed E-state index contributed by atoms with van der Waals surface area (Å²) in [6.45, 7) is 7.53. The molecular weight excluding hydrogens is 316 g/mol. The van der Waals surface area contributed by atoms with Crippen LogP contribution < -0.4 is 0 Å². The van der Waals surface area contributed by atoms with Crippen molar-refractivity contribution in [1.82, 2.24) is 9.96 Å². The third-order valence-corrected chi connectivity index (χ3v) is 5.94. The number of carbonyl (C=O) groups is 1. The van der Waals surface area contributed by atoms with E-state index in [2.05, 4.69) is 36.1 Å². The quantitative estimate of drug-likeness (QED) is 0.841. The number of nitrogens with zero attached hydrogens (tertiary/aromatic N) is 2. The second-order valence-corrected chi connectivity index (χ2v) is 7.63. The Morgan fingerprint density at radius 1 is 1.28 bits per heavy atom. The van der Waals surface area contributed by atoms with Crippen molar-refractivity contribution in [1.29, 1.82) is 0 Å². The van der Waals surface area contributed by atoms with Crippen molar-refractivity contribution >= 4 is 5.91 Å². The van der Waals surface area contributed by atoms with E-state index in [1.54, 1.807) is 0 Å². The van der Waals surface area contributed by atoms with Crippen molar-refractivity contribution in [3.05, 3.63) is 35.4 Å². The molecule has 3 aliphatic heterocycles. The van der Waals surface area contributed by atoms with Gasteiger partial charge in [-0.15, -0.1) is 0 Å². The zero-order valence-electron chi connectivity index (χ0n) is 15.0. The van der Waals surface area contributed by atoms with Gasteiger partial charge in [-0.2, -0.15) is 0 Å². The maximum Gasteiger partial charge on any atom is 0.248 e. The molecule has 0 aliphatic carbocycles. The molecule has 1 amide bonds. The predicted molar refractivity (Wildman–Crippen MR) is 94.7 cm³/mol. The second-order valence-electron chi connectivity index (χ2n) is 7.63. The van der Waals surface area contributed by atoms with Crippen LogP contribution in [0.15, 0.2) is 24.3 Å². The van der Waals surface area contributed by atoms with E-state index < -0.39 is 0 Å². The van der Waals surface area contributed by atoms with Crippen LogP contribution in [0.5, 0.6) is 0 Å². The van der Waals surface area contributed by atoms with Gasteiger partial charge < -0.3 is 4.74 Å². The fraction of sp³-hybridized carbons (Fsp3) is 0.650. The van der Waals surface area contributed by atoms with Gasteiger partial charge in [0, 0.05) is 19.0 Å². The molecule has 0 N–H and O–H groups in total. The summed E-state index contributed by atoms with van der Waals surface area (Å²) in [5.74, 6) is 1.15. The molecule has 0 aromatic heterocycles. The Morgan fingerprint density at radius 3 is 2.96 bits per heavy atom. The number of hydrogen-bond acceptors (Lipinski definition) is 4. The lowest BCUT2D eigenvalue weighted by molar-refractivity contribution is -0.171. The van der Waals surface area contributed by atoms with Crippen LogP contribution in [0.4, 0.5) is 0 Å². The summed E-state index contributed by atoms with van der Waals surface area (Å²) >= 11 is 0. The van der Waals surface area contributed by atoms with Crippen molar-refractivity contribution in [3.63, 3.8) is 0 Å². The van der Waals surface area contributed by atoms with Gasteiger partial charge in [-0.05, 0) is 43.4 Å². The Labute approximate surface area is 149 Å². The van der Waals surface area contributed by atoms with Gasteiger partial charge in [0.1, 0.15) is 0 Å². The first-order valence-electron chi connectivity index (χ1n) is 9.52. The number of ether oxygens (including phenoxy) is 1. The Balaban J connectivity index is 1.31. The standard InChI is InChI=1S/C20H28N2O3/c1-15-5-2-3-6-16(15)12-21-9-7-18-17(13-21)14-24-19(18)11-20(23)22-8-4-10-25-22/h2-3,5-6,17-19H,4,7-14H2,1H3/t17-,18-,19-/m1/s1. The first-order chi connectivity index (χ1) is 12.2. The summed E-state index contributed by atoms with van der Waals surface area (Å²) in [6, 6.07) is 8.63. The topological polar surface area (TPSA) is 42.0 Å². The Kier molecular flexibility index (Phi) is 5.06. The fourth-order valence-corrected chi connectivity index (χ4v) is 4.46. The van der Waals surface area contributed by atoms with Gasteiger partial charge in [-0.1, -0.05) is 24.3 Å². The van der Waals surface area contributed by atoms with Crippen LogP contribution >= 0.6 is 0 Å². The van der Waals surface area contributed by atoms with E-state index in [9.17, 15) is 4.79 Å². The van der Waals surface area contributed by atoms with E-state index >= 15 is 0 Å². The molecule has 0 unspecified atom stereocenters. The molecule has 3 aliphatic rings. The Bertz CT molecular complexity index is 615. The second kappa shape index (κ2) is 7.44. The molecule has 5 nitrogen and oxygen atoms in total. The van der Waals surface area contributed by atoms with Crippen LogP contribution in [-0.4, -0.2) is 54.8 Å². The van der Waals surface area contributed by atoms with Crippen molar-refractivity contribution in [3.8, 4) is 0 Å². The van der Waals surface area contributed by atoms with Crippen LogP contribution in [0, 0.1) is 18.8 Å². The number of fused-ring (bicyclic) bond motifs is 1. The maximum absolute atomic E-state index is 12.3. The number of aryl methyl sites for hydroxylation is 1. The van der Waals surface area contributed by atoms with Crippen LogP contribution in [0.1, 0.15) is 30.4 Å². The minimum Gasteiger partial charge on any atom is -0.377 e. The molecule has 0 spiro atoms. The zero-order valence-corrected chi connectivity index (χ0v) is 15.0. The summed E-state index contributed by atoms with van der Waals surface area (Å²) in [7, 11) is 0. The fourth-order valence-electron chi connectivity index (χ4n) is 4.46. The molecule has 136 valence electrons. The monoisotopic (exact) mass is 344 g/mol. The number of amides is 1. The van der Waals surface area contributed by atoms with Gasteiger partial charge in [0.2, 0.25) is 5.91 Å². The molecule has 4 rings (SSSR count). The molecule has 5 heteroatoms. The van der Waals surface area contributed by atoms with Crippen molar-refractivity contribution in [2.45, 2.75) is 38.8 Å². The third kappa shape index (κ3) is 3.73. The predicted octanol–water partition coefficient (Wildman–Crippen LogP) is 2.39. The lowest BCUT2D eigenvalue weighted by Crippen LogP contribution is -2.42. The SMILES string of the molecule is Cc1ccccc1CN1CC[C@@H]2[C@@H](CO[C@@H]2CC(=O)N2CCCO2)C1. The maximum atomic E-state index is 12.3. The van der Waals surface area contributed by atoms with E-state index in [0.717, 1.165) is 45.6 Å². The number of piperidine rings is 1. The molecule has 0 bridgehead atoms. The molecule has 3 heterocycles. The van der Waals surface area contributed by atoms with Crippen molar-refractivity contribution in [2.75, 3.05) is 32.8 Å². The minimum absolute atomic E-state index is 0.0716. The van der Waals surface area contributed by atoms with Gasteiger partial charge in [0.05, 0.1) is 32.3 Å². The molecule has 0 saturated carbocycles. The van der Waals surface area contributed by atoms with E-state index in [1.807, 2.05) is 0 Å². The summed E-state index contributed by atoms with van der Waals surface area (Å²) < 4.78 is 6.02. The van der Waals surface area contributed by atoms with Crippen LogP contribution in [0.2, 0.25) is 0 Å². The minimum atomic E-state index is 0.0716. The van der Waals surface area contributed by atoms with Crippen molar-refractivity contribution < 1.29 is 14.4 Å². The first kappa shape index (κ1) is 17.0. The number of carbonyl (C=O) groups excluding carboxylic acids is 1. The highest BCUT2D eigenvalue weighted by Gasteiger charge is 2.42. The number of rotatable bonds is 4. The van der Waals surface area contributed by atoms with Gasteiger partial charge in [-0.25, -0.2) is 5.06 Å². The van der Waals surface area contributed by atoms with E-state index in [1.165, 1.54) is 16.2 Å². The van der Waals surface area contributed by atoms with E-state index in [-0.39, 0.29) is 12.0 Å². The van der Waals surface area contributed by atoms with Crippen molar-refractivity contribution in [2.24, 2.45) is 11.8 Å². The largest absolute Gasteiger partial charge is 0.377 e. The molecule has 0 radical (unpaired) electrons. The number of benzene rings is 1. The molecule has 3 saturated heterocycles. The lowest BCUT2D eigenvalue weighted by Gasteiger charge is -2.36. The van der Waals surface area contributed by atoms with Gasteiger partial charge in [0.15, 0.2) is 0 Å². The summed E-state index contributed by atoms with van der Waals surface area (Å²) in [5.41, 5.74) is 2.78. The number of likely N-dealkylation sites (tertiary alicyclic amines) is 1. The summed E-state index contributed by atoms with van der Waals surface area (Å²) in [5, 5.41) is 1.53. The molecule has 1 aromatic carbocycles. The van der Waals surface area contributed by atoms with Gasteiger partial charge in [0.25, 0.3) is 0 Å². The summed E-state index contributed by atoms with van der Waals surface area (Å²) in [4.78, 5) is 20.2. The van der Waals surface area contributed by atoms with Gasteiger partial charge in [-0.3, -0.25) is 14.5 Å². The number of hydrogen-bond donors (Lipinski definition) is 0. The Hall–Kier alpha value is -1.43. The normalized spacial score (nSPS) is 29.8. The third-order valence-electron chi connectivity index (χ3n) is 5.94. The lowest BCUT2D eigenvalue weighted by atomic mass is 9.83. The number of hydroxylamine groups is 2. The van der Waals surface area contributed by atoms with Crippen LogP contribution in [0.3, 0.4) is 0 Å². The zero-order chi connectivity index (χ0) is 17.2. The summed E-state index contributed by atoms with van der Waals surface area (Å²) in [6.07, 6.45) is 2.60. The highest BCUT2D eigenvalue weighted by Crippen LogP contribution is 2.36. The molecule has 25 heavy (non-hydrogen) atoms. The first-order valence-corrected chi connectivity index (χ1v) is 9.52. The van der Waals surface area contributed by atoms with Crippen LogP contribution in [-0.2, 0) is 20.9 Å². The Morgan fingerprint density at radius 2 is 2.16 bits per heavy atom. The molecule has 3 atom stereocenters. The molecular formula is C20H28N2O3. The highest BCUT2D eigenvalue weighted by atomic mass is 16.7. The molecule has 1 aromatic rings. The van der Waals surface area contributed by atoms with Crippen LogP contribution in [0.25, 0.3) is 0 Å². The molecule has 3 fully saturated rings. The average molecular weight is 344 g/mol. The van der Waals surface area contributed by atoms with E-state index in [0.29, 0.717) is 24.9 Å². The van der Waals surface area contributed by atoms with Gasteiger partial charge >= 0.3 is 0 Å². The van der Waals surface area contributed by atoms with E-state index in [4.69, 9.17) is 9.57 Å². The smallest absolute Gasteiger partial charge is 0.248 e. The highest BCUT2D eigenvalue weighted by molar-refractivity contribution is 5.75.